The van der Waals surface area contributed by atoms with E-state index in [-0.39, 0.29) is 12.2 Å². The zero-order valence-corrected chi connectivity index (χ0v) is 6.21. The molecule has 2 aromatic rings. The highest BCUT2D eigenvalue weighted by molar-refractivity contribution is 5.79. The Bertz CT molecular complexity index is 410. The van der Waals surface area contributed by atoms with Crippen molar-refractivity contribution in [1.29, 1.82) is 0 Å². The Balaban J connectivity index is 2.78. The van der Waals surface area contributed by atoms with E-state index in [1.54, 1.807) is 18.3 Å². The van der Waals surface area contributed by atoms with Crippen LogP contribution in [0.4, 0.5) is 4.39 Å². The van der Waals surface area contributed by atoms with Crippen LogP contribution in [-0.2, 0) is 6.61 Å². The van der Waals surface area contributed by atoms with Crippen LogP contribution < -0.4 is 0 Å². The predicted octanol–water partition coefficient (Wildman–Crippen LogP) is 1.19. The molecule has 0 spiro atoms. The monoisotopic (exact) mass is 166 g/mol. The van der Waals surface area contributed by atoms with Crippen LogP contribution in [0.15, 0.2) is 18.3 Å². The molecule has 62 valence electrons. The molecule has 0 atom stereocenters. The SMILES string of the molecule is OCc1ccc2cn[nH]c2c1F. The number of aliphatic hydroxyl groups is 1. The zero-order chi connectivity index (χ0) is 8.55. The van der Waals surface area contributed by atoms with Crippen LogP contribution in [0.25, 0.3) is 10.9 Å². The summed E-state index contributed by atoms with van der Waals surface area (Å²) >= 11 is 0. The Morgan fingerprint density at radius 3 is 3.08 bits per heavy atom. The number of fused-ring (bicyclic) bond motifs is 1. The highest BCUT2D eigenvalue weighted by atomic mass is 19.1. The lowest BCUT2D eigenvalue weighted by atomic mass is 10.1. The fourth-order valence-electron chi connectivity index (χ4n) is 1.14. The largest absolute Gasteiger partial charge is 0.392 e. The molecule has 2 rings (SSSR count). The molecular formula is C8H7FN2O. The quantitative estimate of drug-likeness (QED) is 0.668. The van der Waals surface area contributed by atoms with Gasteiger partial charge in [0.1, 0.15) is 5.52 Å². The van der Waals surface area contributed by atoms with Gasteiger partial charge in [0.2, 0.25) is 0 Å². The summed E-state index contributed by atoms with van der Waals surface area (Å²) in [6.07, 6.45) is 1.54. The highest BCUT2D eigenvalue weighted by Gasteiger charge is 2.06. The number of H-pyrrole nitrogens is 1. The lowest BCUT2D eigenvalue weighted by Gasteiger charge is -1.98. The van der Waals surface area contributed by atoms with Crippen molar-refractivity contribution in [1.82, 2.24) is 10.2 Å². The van der Waals surface area contributed by atoms with Crippen molar-refractivity contribution in [2.75, 3.05) is 0 Å². The molecule has 0 aliphatic heterocycles. The molecule has 0 fully saturated rings. The van der Waals surface area contributed by atoms with Gasteiger partial charge in [0, 0.05) is 10.9 Å². The number of hydrogen-bond donors (Lipinski definition) is 2. The first-order valence-electron chi connectivity index (χ1n) is 3.54. The third kappa shape index (κ3) is 0.887. The minimum atomic E-state index is -0.424. The topological polar surface area (TPSA) is 48.9 Å². The number of benzene rings is 1. The summed E-state index contributed by atoms with van der Waals surface area (Å²) in [5.74, 6) is -0.424. The van der Waals surface area contributed by atoms with Gasteiger partial charge >= 0.3 is 0 Å². The Labute approximate surface area is 67.8 Å². The van der Waals surface area contributed by atoms with Crippen LogP contribution >= 0.6 is 0 Å². The first kappa shape index (κ1) is 7.24. The van der Waals surface area contributed by atoms with Gasteiger partial charge in [-0.3, -0.25) is 5.10 Å². The average molecular weight is 166 g/mol. The molecule has 4 heteroatoms. The van der Waals surface area contributed by atoms with Crippen LogP contribution in [0.1, 0.15) is 5.56 Å². The molecule has 0 bridgehead atoms. The van der Waals surface area contributed by atoms with E-state index in [0.717, 1.165) is 0 Å². The van der Waals surface area contributed by atoms with Crippen molar-refractivity contribution in [2.24, 2.45) is 0 Å². The van der Waals surface area contributed by atoms with Gasteiger partial charge in [0.25, 0.3) is 0 Å². The van der Waals surface area contributed by atoms with Gasteiger partial charge in [-0.1, -0.05) is 12.1 Å². The predicted molar refractivity (Wildman–Crippen MR) is 42.0 cm³/mol. The van der Waals surface area contributed by atoms with Crippen LogP contribution in [-0.4, -0.2) is 15.3 Å². The molecule has 2 N–H and O–H groups in total. The van der Waals surface area contributed by atoms with E-state index >= 15 is 0 Å². The first-order chi connectivity index (χ1) is 5.83. The molecule has 0 amide bonds. The summed E-state index contributed by atoms with van der Waals surface area (Å²) in [4.78, 5) is 0. The molecular weight excluding hydrogens is 159 g/mol. The summed E-state index contributed by atoms with van der Waals surface area (Å²) in [7, 11) is 0. The fourth-order valence-corrected chi connectivity index (χ4v) is 1.14. The van der Waals surface area contributed by atoms with Crippen molar-refractivity contribution < 1.29 is 9.50 Å². The van der Waals surface area contributed by atoms with Crippen molar-refractivity contribution in [3.05, 3.63) is 29.7 Å². The van der Waals surface area contributed by atoms with Gasteiger partial charge < -0.3 is 5.11 Å². The Morgan fingerprint density at radius 2 is 2.33 bits per heavy atom. The number of aromatic amines is 1. The molecule has 1 aromatic carbocycles. The lowest BCUT2D eigenvalue weighted by Crippen LogP contribution is -1.90. The minimum absolute atomic E-state index is 0.284. The maximum absolute atomic E-state index is 13.3. The van der Waals surface area contributed by atoms with Gasteiger partial charge in [-0.25, -0.2) is 4.39 Å². The molecule has 0 aliphatic rings. The normalized spacial score (nSPS) is 10.8. The molecule has 0 saturated heterocycles. The maximum Gasteiger partial charge on any atom is 0.154 e. The lowest BCUT2D eigenvalue weighted by molar-refractivity contribution is 0.276. The van der Waals surface area contributed by atoms with E-state index in [9.17, 15) is 4.39 Å². The summed E-state index contributed by atoms with van der Waals surface area (Å²) in [6.45, 7) is -0.291. The third-order valence-electron chi connectivity index (χ3n) is 1.80. The maximum atomic E-state index is 13.3. The van der Waals surface area contributed by atoms with E-state index < -0.39 is 5.82 Å². The third-order valence-corrected chi connectivity index (χ3v) is 1.80. The average Bonchev–Trinajstić information content (AvgIpc) is 2.53. The molecule has 12 heavy (non-hydrogen) atoms. The van der Waals surface area contributed by atoms with Gasteiger partial charge in [-0.05, 0) is 0 Å². The van der Waals surface area contributed by atoms with Gasteiger partial charge in [-0.2, -0.15) is 5.10 Å². The number of halogens is 1. The van der Waals surface area contributed by atoms with Crippen molar-refractivity contribution in [3.63, 3.8) is 0 Å². The fraction of sp³-hybridized carbons (Fsp3) is 0.125. The minimum Gasteiger partial charge on any atom is -0.392 e. The van der Waals surface area contributed by atoms with E-state index in [4.69, 9.17) is 5.11 Å². The highest BCUT2D eigenvalue weighted by Crippen LogP contribution is 2.18. The molecule has 1 aromatic heterocycles. The summed E-state index contributed by atoms with van der Waals surface area (Å²) < 4.78 is 13.3. The number of rotatable bonds is 1. The number of aromatic nitrogens is 2. The molecule has 1 heterocycles. The smallest absolute Gasteiger partial charge is 0.154 e. The molecule has 0 aliphatic carbocycles. The summed E-state index contributed by atoms with van der Waals surface area (Å²) in [6, 6.07) is 3.26. The molecule has 3 nitrogen and oxygen atoms in total. The Kier molecular flexibility index (Phi) is 1.55. The second-order valence-electron chi connectivity index (χ2n) is 2.53. The van der Waals surface area contributed by atoms with Gasteiger partial charge in [0.15, 0.2) is 5.82 Å². The standard InChI is InChI=1S/C8H7FN2O/c9-7-6(4-12)2-1-5-3-10-11-8(5)7/h1-3,12H,4H2,(H,10,11). The first-order valence-corrected chi connectivity index (χ1v) is 3.54. The van der Waals surface area contributed by atoms with Crippen LogP contribution in [0.2, 0.25) is 0 Å². The van der Waals surface area contributed by atoms with Crippen molar-refractivity contribution in [2.45, 2.75) is 6.61 Å². The number of nitrogens with zero attached hydrogens (tertiary/aromatic N) is 1. The summed E-state index contributed by atoms with van der Waals surface area (Å²) in [5, 5.41) is 15.7. The molecule has 0 radical (unpaired) electrons. The van der Waals surface area contributed by atoms with Crippen LogP contribution in [0.3, 0.4) is 0 Å². The van der Waals surface area contributed by atoms with E-state index in [1.807, 2.05) is 0 Å². The Hall–Kier alpha value is -1.42. The van der Waals surface area contributed by atoms with Crippen LogP contribution in [0.5, 0.6) is 0 Å². The Morgan fingerprint density at radius 1 is 1.50 bits per heavy atom. The van der Waals surface area contributed by atoms with Crippen molar-refractivity contribution in [3.8, 4) is 0 Å². The van der Waals surface area contributed by atoms with Gasteiger partial charge in [-0.15, -0.1) is 0 Å². The second kappa shape index (κ2) is 2.57. The van der Waals surface area contributed by atoms with E-state index in [0.29, 0.717) is 10.9 Å². The number of hydrogen-bond acceptors (Lipinski definition) is 2. The number of nitrogens with one attached hydrogen (secondary N) is 1. The molecule has 0 saturated carbocycles. The van der Waals surface area contributed by atoms with Crippen molar-refractivity contribution >= 4 is 10.9 Å². The number of aliphatic hydroxyl groups excluding tert-OH is 1. The van der Waals surface area contributed by atoms with Crippen LogP contribution in [0, 0.1) is 5.82 Å². The zero-order valence-electron chi connectivity index (χ0n) is 6.21. The summed E-state index contributed by atoms with van der Waals surface area (Å²) in [5.41, 5.74) is 0.633. The van der Waals surface area contributed by atoms with E-state index in [1.165, 1.54) is 0 Å². The van der Waals surface area contributed by atoms with Gasteiger partial charge in [0.05, 0.1) is 12.8 Å². The second-order valence-corrected chi connectivity index (χ2v) is 2.53. The molecule has 0 unspecified atom stereocenters. The van der Waals surface area contributed by atoms with E-state index in [2.05, 4.69) is 10.2 Å².